The smallest absolute Gasteiger partial charge is 0.307 e. The van der Waals surface area contributed by atoms with Gasteiger partial charge in [0, 0.05) is 38.6 Å². The van der Waals surface area contributed by atoms with E-state index in [0.717, 1.165) is 44.8 Å². The summed E-state index contributed by atoms with van der Waals surface area (Å²) in [5, 5.41) is 2.96. The highest BCUT2D eigenvalue weighted by Gasteiger charge is 2.46. The summed E-state index contributed by atoms with van der Waals surface area (Å²) in [6.07, 6.45) is -15.7. The van der Waals surface area contributed by atoms with E-state index in [2.05, 4.69) is 15.1 Å². The summed E-state index contributed by atoms with van der Waals surface area (Å²) in [5.74, 6) is -0.789. The van der Waals surface area contributed by atoms with Gasteiger partial charge in [0.1, 0.15) is 0 Å². The molecule has 290 valence electrons. The molecule has 4 nitrogen and oxygen atoms in total. The van der Waals surface area contributed by atoms with Gasteiger partial charge in [0.25, 0.3) is 0 Å². The van der Waals surface area contributed by atoms with Crippen LogP contribution in [0.2, 0.25) is 0 Å². The maximum atomic E-state index is 14.1. The number of rotatable bonds is 8. The number of halogens is 12. The predicted octanol–water partition coefficient (Wildman–Crippen LogP) is 9.29. The molecule has 3 fully saturated rings. The molecule has 2 heterocycles. The van der Waals surface area contributed by atoms with Crippen LogP contribution in [0.5, 0.6) is 0 Å². The SMILES string of the molecule is O=C(Cc1cc(C(F)(F)F)cc(C(F)(F)F)c1)C1CC(CCN2CCN(C3CCCCC3)CC2)(c2ccc(C(F)(F)F)c(C(F)(F)F)c2)CCCN1. The number of nitrogens with one attached hydrogen (secondary N) is 1. The largest absolute Gasteiger partial charge is 0.417 e. The Morgan fingerprint density at radius 1 is 0.712 bits per heavy atom. The minimum Gasteiger partial charge on any atom is -0.307 e. The molecule has 0 bridgehead atoms. The van der Waals surface area contributed by atoms with Gasteiger partial charge in [0.2, 0.25) is 0 Å². The number of ketones is 1. The Kier molecular flexibility index (Phi) is 12.0. The van der Waals surface area contributed by atoms with Crippen molar-refractivity contribution in [2.75, 3.05) is 39.3 Å². The number of carbonyl (C=O) groups excluding carboxylic acids is 1. The first-order chi connectivity index (χ1) is 24.2. The van der Waals surface area contributed by atoms with Gasteiger partial charge in [0.05, 0.1) is 28.3 Å². The standard InChI is InChI=1S/C36H41F12N3O/c37-33(38,39)25-17-23(18-26(20-25)34(40,41)42)19-31(52)30-22-32(9-4-11-49-30,24-7-8-28(35(43,44)45)29(21-24)36(46,47)48)10-12-50-13-15-51(16-14-50)27-5-2-1-3-6-27/h7-8,17-18,20-21,27,30,49H,1-6,9-16,19,22H2. The van der Waals surface area contributed by atoms with Gasteiger partial charge in [-0.15, -0.1) is 0 Å². The van der Waals surface area contributed by atoms with Crippen molar-refractivity contribution in [2.24, 2.45) is 0 Å². The van der Waals surface area contributed by atoms with E-state index in [9.17, 15) is 57.5 Å². The fourth-order valence-corrected chi connectivity index (χ4v) is 8.10. The highest BCUT2D eigenvalue weighted by molar-refractivity contribution is 5.86. The lowest BCUT2D eigenvalue weighted by atomic mass is 9.69. The van der Waals surface area contributed by atoms with Crippen LogP contribution in [0.15, 0.2) is 36.4 Å². The second kappa shape index (κ2) is 15.5. The summed E-state index contributed by atoms with van der Waals surface area (Å²) in [7, 11) is 0. The molecule has 1 aliphatic carbocycles. The fraction of sp³-hybridized carbons (Fsp3) is 0.639. The Labute approximate surface area is 293 Å². The van der Waals surface area contributed by atoms with Gasteiger partial charge < -0.3 is 10.2 Å². The number of hydrogen-bond donors (Lipinski definition) is 1. The zero-order chi connectivity index (χ0) is 38.1. The first-order valence-electron chi connectivity index (χ1n) is 17.5. The normalized spacial score (nSPS) is 23.8. The average molecular weight is 760 g/mol. The third kappa shape index (κ3) is 9.82. The summed E-state index contributed by atoms with van der Waals surface area (Å²) in [5.41, 5.74) is -8.81. The minimum atomic E-state index is -5.37. The number of piperazine rings is 1. The fourth-order valence-electron chi connectivity index (χ4n) is 8.10. The molecular formula is C36H41F12N3O. The molecule has 1 saturated carbocycles. The van der Waals surface area contributed by atoms with E-state index in [1.165, 1.54) is 6.42 Å². The zero-order valence-corrected chi connectivity index (χ0v) is 28.3. The maximum absolute atomic E-state index is 14.1. The van der Waals surface area contributed by atoms with Crippen molar-refractivity contribution < 1.29 is 57.5 Å². The van der Waals surface area contributed by atoms with Crippen molar-refractivity contribution in [3.05, 3.63) is 69.8 Å². The van der Waals surface area contributed by atoms with E-state index >= 15 is 0 Å². The van der Waals surface area contributed by atoms with E-state index in [1.54, 1.807) is 0 Å². The molecule has 0 amide bonds. The Bertz CT molecular complexity index is 1500. The lowest BCUT2D eigenvalue weighted by Gasteiger charge is -2.42. The van der Waals surface area contributed by atoms with E-state index in [1.807, 2.05) is 0 Å². The van der Waals surface area contributed by atoms with Crippen molar-refractivity contribution >= 4 is 5.78 Å². The number of benzene rings is 2. The van der Waals surface area contributed by atoms with Crippen molar-refractivity contribution in [1.82, 2.24) is 15.1 Å². The van der Waals surface area contributed by atoms with Crippen LogP contribution in [0.25, 0.3) is 0 Å². The summed E-state index contributed by atoms with van der Waals surface area (Å²) in [6, 6.07) is 1.99. The monoisotopic (exact) mass is 759 g/mol. The highest BCUT2D eigenvalue weighted by atomic mass is 19.4. The Hall–Kier alpha value is -2.85. The van der Waals surface area contributed by atoms with Gasteiger partial charge in [-0.3, -0.25) is 9.69 Å². The van der Waals surface area contributed by atoms with E-state index in [0.29, 0.717) is 56.4 Å². The summed E-state index contributed by atoms with van der Waals surface area (Å²) in [4.78, 5) is 18.3. The molecule has 2 aromatic carbocycles. The van der Waals surface area contributed by atoms with Crippen LogP contribution < -0.4 is 5.32 Å². The number of hydrogen-bond acceptors (Lipinski definition) is 4. The Balaban J connectivity index is 1.45. The first kappa shape index (κ1) is 40.3. The number of nitrogens with zero attached hydrogens (tertiary/aromatic N) is 2. The van der Waals surface area contributed by atoms with Crippen molar-refractivity contribution in [3.63, 3.8) is 0 Å². The third-order valence-corrected chi connectivity index (χ3v) is 10.9. The zero-order valence-electron chi connectivity index (χ0n) is 28.3. The predicted molar refractivity (Wildman–Crippen MR) is 168 cm³/mol. The quantitative estimate of drug-likeness (QED) is 0.273. The van der Waals surface area contributed by atoms with Gasteiger partial charge in [-0.2, -0.15) is 52.7 Å². The van der Waals surface area contributed by atoms with Crippen LogP contribution in [-0.2, 0) is 41.3 Å². The second-order valence-corrected chi connectivity index (χ2v) is 14.3. The van der Waals surface area contributed by atoms with E-state index in [4.69, 9.17) is 0 Å². The lowest BCUT2D eigenvalue weighted by Crippen LogP contribution is -2.51. The van der Waals surface area contributed by atoms with Crippen molar-refractivity contribution in [2.45, 2.75) is 106 Å². The van der Waals surface area contributed by atoms with Crippen LogP contribution in [-0.4, -0.2) is 66.9 Å². The summed E-state index contributed by atoms with van der Waals surface area (Å²) < 4.78 is 165. The number of alkyl halides is 12. The third-order valence-electron chi connectivity index (χ3n) is 10.9. The minimum absolute atomic E-state index is 0.0548. The highest BCUT2D eigenvalue weighted by Crippen LogP contribution is 2.46. The Morgan fingerprint density at radius 2 is 1.31 bits per heavy atom. The van der Waals surface area contributed by atoms with E-state index < -0.39 is 76.2 Å². The number of carbonyl (C=O) groups is 1. The van der Waals surface area contributed by atoms with Gasteiger partial charge >= 0.3 is 24.7 Å². The molecule has 16 heteroatoms. The lowest BCUT2D eigenvalue weighted by molar-refractivity contribution is -0.162. The van der Waals surface area contributed by atoms with Crippen LogP contribution in [0.4, 0.5) is 52.7 Å². The molecule has 0 aromatic heterocycles. The van der Waals surface area contributed by atoms with Crippen molar-refractivity contribution in [3.8, 4) is 0 Å². The molecule has 2 unspecified atom stereocenters. The number of Topliss-reactive ketones (excluding diaryl/α,β-unsaturated/α-hetero) is 1. The molecule has 3 aliphatic rings. The molecule has 0 radical (unpaired) electrons. The van der Waals surface area contributed by atoms with E-state index in [-0.39, 0.29) is 37.4 Å². The summed E-state index contributed by atoms with van der Waals surface area (Å²) >= 11 is 0. The summed E-state index contributed by atoms with van der Waals surface area (Å²) in [6.45, 7) is 3.35. The maximum Gasteiger partial charge on any atom is 0.417 e. The Morgan fingerprint density at radius 3 is 1.87 bits per heavy atom. The van der Waals surface area contributed by atoms with Crippen LogP contribution in [0.3, 0.4) is 0 Å². The molecule has 2 atom stereocenters. The van der Waals surface area contributed by atoms with Crippen LogP contribution in [0, 0.1) is 0 Å². The van der Waals surface area contributed by atoms with Gasteiger partial charge in [-0.25, -0.2) is 0 Å². The molecule has 0 spiro atoms. The average Bonchev–Trinajstić information content (AvgIpc) is 3.30. The molecule has 2 aliphatic heterocycles. The van der Waals surface area contributed by atoms with Gasteiger partial charge in [-0.1, -0.05) is 25.3 Å². The molecule has 2 saturated heterocycles. The molecule has 1 N–H and O–H groups in total. The molecule has 2 aromatic rings. The van der Waals surface area contributed by atoms with Gasteiger partial charge in [0.15, 0.2) is 5.78 Å². The second-order valence-electron chi connectivity index (χ2n) is 14.3. The van der Waals surface area contributed by atoms with Crippen molar-refractivity contribution in [1.29, 1.82) is 0 Å². The van der Waals surface area contributed by atoms with Crippen LogP contribution in [0.1, 0.15) is 91.2 Å². The first-order valence-corrected chi connectivity index (χ1v) is 17.5. The topological polar surface area (TPSA) is 35.6 Å². The molecular weight excluding hydrogens is 718 g/mol. The molecule has 5 rings (SSSR count). The van der Waals surface area contributed by atoms with Gasteiger partial charge in [-0.05, 0) is 98.5 Å². The van der Waals surface area contributed by atoms with Crippen LogP contribution >= 0.6 is 0 Å². The molecule has 52 heavy (non-hydrogen) atoms.